The molecule has 0 spiro atoms. The van der Waals surface area contributed by atoms with E-state index in [0.717, 1.165) is 12.7 Å². The van der Waals surface area contributed by atoms with E-state index in [4.69, 9.17) is 14.2 Å². The Bertz CT molecular complexity index is 1660. The topological polar surface area (TPSA) is 119 Å². The first kappa shape index (κ1) is 39.9. The Kier molecular flexibility index (Phi) is 9.72. The molecule has 4 saturated carbocycles. The van der Waals surface area contributed by atoms with E-state index in [1.165, 1.54) is 31.2 Å². The Morgan fingerprint density at radius 1 is 0.981 bits per heavy atom. The van der Waals surface area contributed by atoms with Crippen molar-refractivity contribution < 1.29 is 52.0 Å². The quantitative estimate of drug-likeness (QED) is 0.220. The van der Waals surface area contributed by atoms with Crippen LogP contribution in [0.25, 0.3) is 0 Å². The van der Waals surface area contributed by atoms with Crippen LogP contribution in [0.4, 0.5) is 13.2 Å². The minimum absolute atomic E-state index is 0.00627. The van der Waals surface area contributed by atoms with Gasteiger partial charge in [0.15, 0.2) is 5.78 Å². The summed E-state index contributed by atoms with van der Waals surface area (Å²) in [6.45, 7) is 15.5. The molecular weight excluding hydrogens is 689 g/mol. The number of methoxy groups -OCH3 is 1. The Labute approximate surface area is 311 Å². The lowest BCUT2D eigenvalue weighted by Crippen LogP contribution is -2.67. The van der Waals surface area contributed by atoms with E-state index in [0.29, 0.717) is 25.7 Å². The molecule has 53 heavy (non-hydrogen) atoms. The Morgan fingerprint density at radius 3 is 2.19 bits per heavy atom. The molecule has 0 aliphatic heterocycles. The van der Waals surface area contributed by atoms with E-state index >= 15 is 13.2 Å². The van der Waals surface area contributed by atoms with Crippen molar-refractivity contribution in [2.45, 2.75) is 124 Å². The molecule has 4 fully saturated rings. The number of aliphatic hydroxyl groups excluding tert-OH is 2. The molecule has 5 aliphatic rings. The zero-order valence-electron chi connectivity index (χ0n) is 32.5. The number of hydrogen-bond acceptors (Lipinski definition) is 8. The zero-order chi connectivity index (χ0) is 39.3. The second kappa shape index (κ2) is 12.9. The number of alkyl halides is 3. The average molecular weight is 747 g/mol. The van der Waals surface area contributed by atoms with Crippen molar-refractivity contribution in [3.8, 4) is 0 Å². The molecule has 294 valence electrons. The smallest absolute Gasteiger partial charge is 0.432 e. The summed E-state index contributed by atoms with van der Waals surface area (Å²) < 4.78 is 62.7. The number of benzene rings is 1. The van der Waals surface area contributed by atoms with Crippen LogP contribution in [0.5, 0.6) is 0 Å². The van der Waals surface area contributed by atoms with Gasteiger partial charge in [-0.2, -0.15) is 13.2 Å². The molecule has 12 atom stereocenters. The maximum atomic E-state index is 15.2. The fraction of sp³-hybridized carbons (Fsp3) is 0.738. The lowest BCUT2D eigenvalue weighted by Gasteiger charge is -2.70. The second-order valence-electron chi connectivity index (χ2n) is 18.5. The average Bonchev–Trinajstić information content (AvgIpc) is 3.40. The highest BCUT2D eigenvalue weighted by molar-refractivity contribution is 5.89. The van der Waals surface area contributed by atoms with E-state index in [2.05, 4.69) is 26.8 Å². The molecule has 0 aromatic heterocycles. The van der Waals surface area contributed by atoms with Crippen LogP contribution in [0, 0.1) is 56.7 Å². The first-order valence-electron chi connectivity index (χ1n) is 19.1. The number of ketones is 1. The number of carbonyl (C=O) groups is 3. The predicted molar refractivity (Wildman–Crippen MR) is 190 cm³/mol. The molecule has 0 radical (unpaired) electrons. The number of allylic oxidation sites excluding steroid dienone is 1. The Morgan fingerprint density at radius 2 is 1.62 bits per heavy atom. The summed E-state index contributed by atoms with van der Waals surface area (Å²) in [6, 6.07) is 6.80. The minimum atomic E-state index is -5.16. The van der Waals surface area contributed by atoms with Crippen LogP contribution < -0.4 is 0 Å². The molecule has 8 nitrogen and oxygen atoms in total. The summed E-state index contributed by atoms with van der Waals surface area (Å²) >= 11 is 0. The third-order valence-electron chi connectivity index (χ3n) is 15.6. The van der Waals surface area contributed by atoms with Crippen LogP contribution in [-0.2, 0) is 34.2 Å². The van der Waals surface area contributed by atoms with E-state index < -0.39 is 86.5 Å². The van der Waals surface area contributed by atoms with Crippen LogP contribution in [0.2, 0.25) is 0 Å². The van der Waals surface area contributed by atoms with Crippen molar-refractivity contribution in [3.05, 3.63) is 47.5 Å². The van der Waals surface area contributed by atoms with Crippen LogP contribution in [0.3, 0.4) is 0 Å². The summed E-state index contributed by atoms with van der Waals surface area (Å²) in [5, 5.41) is 23.3. The molecule has 1 aromatic rings. The van der Waals surface area contributed by atoms with Crippen molar-refractivity contribution in [1.82, 2.24) is 0 Å². The van der Waals surface area contributed by atoms with Gasteiger partial charge in [0.1, 0.15) is 12.2 Å². The van der Waals surface area contributed by atoms with E-state index in [-0.39, 0.29) is 43.0 Å². The number of hydrogen-bond donors (Lipinski definition) is 2. The molecule has 0 unspecified atom stereocenters. The third-order valence-corrected chi connectivity index (χ3v) is 15.6. The van der Waals surface area contributed by atoms with Gasteiger partial charge in [0.2, 0.25) is 0 Å². The summed E-state index contributed by atoms with van der Waals surface area (Å²) in [4.78, 5) is 40.0. The monoisotopic (exact) mass is 746 g/mol. The van der Waals surface area contributed by atoms with E-state index in [9.17, 15) is 24.6 Å². The highest BCUT2D eigenvalue weighted by Crippen LogP contribution is 2.76. The van der Waals surface area contributed by atoms with Crippen LogP contribution in [0.1, 0.15) is 99.5 Å². The Hall–Kier alpha value is -2.76. The van der Waals surface area contributed by atoms with Gasteiger partial charge in [-0.1, -0.05) is 90.4 Å². The van der Waals surface area contributed by atoms with Crippen molar-refractivity contribution in [2.24, 2.45) is 56.7 Å². The van der Waals surface area contributed by atoms with Gasteiger partial charge in [0, 0.05) is 42.3 Å². The number of ether oxygens (including phenoxy) is 3. The normalized spacial score (nSPS) is 41.6. The molecule has 6 rings (SSSR count). The van der Waals surface area contributed by atoms with Crippen LogP contribution in [0.15, 0.2) is 42.0 Å². The lowest BCUT2D eigenvalue weighted by atomic mass is 9.35. The van der Waals surface area contributed by atoms with Crippen molar-refractivity contribution in [3.63, 3.8) is 0 Å². The standard InChI is InChI=1S/C42H57F3O8/c1-23(2)27-19-30(53-35(50)41(51-9,42(43,44)45)25-13-11-10-12-14-25)33-39(8)16-15-26-32(38(39,7)17-18-40(27,33)22-52-24(3)46)28(47)20-31-36(4,5)34(49)29(48)21-37(26,31)6/h10-15,23,27-33,47-48H,16-22H2,1-9H3/t27-,28-,29+,30+,31-,32-,33+,37+,38-,39+,40+,41+/m0/s1. The van der Waals surface area contributed by atoms with Crippen molar-refractivity contribution in [1.29, 1.82) is 0 Å². The maximum Gasteiger partial charge on any atom is 0.432 e. The Balaban J connectivity index is 1.51. The highest BCUT2D eigenvalue weighted by atomic mass is 19.4. The largest absolute Gasteiger partial charge is 0.465 e. The molecule has 0 bridgehead atoms. The first-order valence-corrected chi connectivity index (χ1v) is 19.1. The number of Topliss-reactive ketones (excluding diaryl/α,β-unsaturated/α-hetero) is 1. The fourth-order valence-corrected chi connectivity index (χ4v) is 13.1. The van der Waals surface area contributed by atoms with E-state index in [1.807, 2.05) is 27.7 Å². The van der Waals surface area contributed by atoms with Crippen LogP contribution in [-0.4, -0.2) is 66.1 Å². The summed E-state index contributed by atoms with van der Waals surface area (Å²) in [5.74, 6) is -3.57. The number of rotatable bonds is 7. The molecule has 0 heterocycles. The van der Waals surface area contributed by atoms with E-state index in [1.54, 1.807) is 6.07 Å². The number of esters is 2. The minimum Gasteiger partial charge on any atom is -0.465 e. The first-order chi connectivity index (χ1) is 24.5. The molecule has 2 N–H and O–H groups in total. The molecule has 1 aromatic carbocycles. The fourth-order valence-electron chi connectivity index (χ4n) is 13.1. The number of halogens is 3. The molecule has 0 amide bonds. The van der Waals surface area contributed by atoms with Crippen LogP contribution >= 0.6 is 0 Å². The molecular formula is C42H57F3O8. The van der Waals surface area contributed by atoms with Crippen molar-refractivity contribution >= 4 is 17.7 Å². The molecule has 0 saturated heterocycles. The second-order valence-corrected chi connectivity index (χ2v) is 18.5. The zero-order valence-corrected chi connectivity index (χ0v) is 32.5. The summed E-state index contributed by atoms with van der Waals surface area (Å²) in [5.41, 5.74) is -6.35. The van der Waals surface area contributed by atoms with Gasteiger partial charge in [-0.3, -0.25) is 9.59 Å². The van der Waals surface area contributed by atoms with Gasteiger partial charge >= 0.3 is 18.1 Å². The summed E-state index contributed by atoms with van der Waals surface area (Å²) in [6.07, 6.45) is -3.53. The van der Waals surface area contributed by atoms with Crippen molar-refractivity contribution in [2.75, 3.05) is 13.7 Å². The van der Waals surface area contributed by atoms with Gasteiger partial charge in [-0.05, 0) is 72.5 Å². The number of fused-ring (bicyclic) bond motifs is 7. The maximum absolute atomic E-state index is 15.2. The predicted octanol–water partition coefficient (Wildman–Crippen LogP) is 7.34. The SMILES string of the molecule is CO[C@@](C(=O)O[C@@H]1C[C@@H](C(C)C)[C@]2(COC(C)=O)CC[C@@]3(C)[C@H]4C(=CC[C@]3(C)[C@@H]12)[C@@]1(C)C[C@@H](O)C(=O)C(C)(C)[C@@H]1C[C@@H]4O)(c1ccccc1)C(F)(F)F. The molecule has 11 heteroatoms. The number of carbonyl (C=O) groups excluding carboxylic acids is 3. The van der Waals surface area contributed by atoms with Gasteiger partial charge in [0.25, 0.3) is 5.60 Å². The third kappa shape index (κ3) is 5.43. The van der Waals surface area contributed by atoms with Gasteiger partial charge in [-0.25, -0.2) is 4.79 Å². The van der Waals surface area contributed by atoms with Gasteiger partial charge < -0.3 is 24.4 Å². The summed E-state index contributed by atoms with van der Waals surface area (Å²) in [7, 11) is 0.861. The highest BCUT2D eigenvalue weighted by Gasteiger charge is 2.75. The van der Waals surface area contributed by atoms with Gasteiger partial charge in [-0.15, -0.1) is 0 Å². The number of aliphatic hydroxyl groups is 2. The molecule has 5 aliphatic carbocycles. The lowest BCUT2D eigenvalue weighted by molar-refractivity contribution is -0.281. The van der Waals surface area contributed by atoms with Gasteiger partial charge in [0.05, 0.1) is 12.7 Å².